The lowest BCUT2D eigenvalue weighted by molar-refractivity contribution is -0.144. The summed E-state index contributed by atoms with van der Waals surface area (Å²) < 4.78 is 0. The molecule has 0 aliphatic carbocycles. The first-order chi connectivity index (χ1) is 15.0. The van der Waals surface area contributed by atoms with Crippen molar-refractivity contribution < 1.29 is 60.7 Å². The van der Waals surface area contributed by atoms with E-state index in [0.717, 1.165) is 0 Å². The zero-order valence-corrected chi connectivity index (χ0v) is 16.6. The van der Waals surface area contributed by atoms with Crippen molar-refractivity contribution in [2.75, 3.05) is 23.8 Å². The molecule has 0 aliphatic heterocycles. The molecule has 1 rings (SSSR count). The maximum atomic E-state index is 12.2. The molecule has 12 N–H and O–H groups in total. The smallest absolute Gasteiger partial charge is 0.256 e. The summed E-state index contributed by atoms with van der Waals surface area (Å²) in [6, 6.07) is 5.31. The molecule has 182 valence electrons. The molecule has 0 saturated heterocycles. The van der Waals surface area contributed by atoms with Gasteiger partial charge in [-0.3, -0.25) is 9.59 Å². The number of anilines is 2. The molecule has 14 heteroatoms. The molecule has 8 atom stereocenters. The van der Waals surface area contributed by atoms with Crippen LogP contribution < -0.4 is 10.6 Å². The average Bonchev–Trinajstić information content (AvgIpc) is 2.80. The summed E-state index contributed by atoms with van der Waals surface area (Å²) in [4.78, 5) is 24.4. The number of aliphatic hydroxyl groups excluding tert-OH is 10. The summed E-state index contributed by atoms with van der Waals surface area (Å²) in [5.74, 6) is -2.52. The number of nitrogens with one attached hydrogen (secondary N) is 2. The Hall–Kier alpha value is -2.24. The molecule has 1 aromatic carbocycles. The van der Waals surface area contributed by atoms with E-state index in [1.807, 2.05) is 0 Å². The molecule has 0 aromatic heterocycles. The second-order valence-corrected chi connectivity index (χ2v) is 6.88. The van der Waals surface area contributed by atoms with Crippen molar-refractivity contribution in [1.29, 1.82) is 0 Å². The first kappa shape index (κ1) is 27.8. The number of hydrogen-bond donors (Lipinski definition) is 12. The molecule has 0 heterocycles. The van der Waals surface area contributed by atoms with Gasteiger partial charge in [-0.2, -0.15) is 0 Å². The highest BCUT2D eigenvalue weighted by Gasteiger charge is 2.36. The Morgan fingerprint density at radius 2 is 0.938 bits per heavy atom. The van der Waals surface area contributed by atoms with Crippen molar-refractivity contribution in [2.24, 2.45) is 0 Å². The van der Waals surface area contributed by atoms with Gasteiger partial charge in [0, 0.05) is 0 Å². The van der Waals surface area contributed by atoms with Gasteiger partial charge in [0.15, 0.2) is 12.2 Å². The zero-order valence-electron chi connectivity index (χ0n) is 16.6. The van der Waals surface area contributed by atoms with Crippen molar-refractivity contribution in [3.63, 3.8) is 0 Å². The van der Waals surface area contributed by atoms with Gasteiger partial charge in [0.1, 0.15) is 36.6 Å². The topological polar surface area (TPSA) is 260 Å². The van der Waals surface area contributed by atoms with Crippen LogP contribution in [0.15, 0.2) is 24.3 Å². The van der Waals surface area contributed by atoms with Crippen molar-refractivity contribution in [3.8, 4) is 0 Å². The van der Waals surface area contributed by atoms with Gasteiger partial charge in [-0.15, -0.1) is 0 Å². The Bertz CT molecular complexity index is 689. The first-order valence-corrected chi connectivity index (χ1v) is 9.33. The fourth-order valence-electron chi connectivity index (χ4n) is 2.47. The van der Waals surface area contributed by atoms with Crippen molar-refractivity contribution in [2.45, 2.75) is 48.8 Å². The van der Waals surface area contributed by atoms with Crippen LogP contribution in [0.3, 0.4) is 0 Å². The SMILES string of the molecule is O=C(Nc1ccccc1NC(=O)[C@H](O)[C@@H](O)[C@H](O)[C@H](O)CO)[C@H](O)[C@@H](O)[C@H](O)[C@H](O)CO. The molecule has 0 unspecified atom stereocenters. The van der Waals surface area contributed by atoms with Crippen LogP contribution in [0.5, 0.6) is 0 Å². The fourth-order valence-corrected chi connectivity index (χ4v) is 2.47. The summed E-state index contributed by atoms with van der Waals surface area (Å²) in [7, 11) is 0. The summed E-state index contributed by atoms with van der Waals surface area (Å²) in [6.07, 6.45) is -16.6. The van der Waals surface area contributed by atoms with Crippen LogP contribution >= 0.6 is 0 Å². The standard InChI is InChI=1S/C18H28N2O12/c21-5-9(23)11(25)13(27)15(29)17(31)19-7-3-1-2-4-8(7)20-18(32)16(30)14(28)12(26)10(24)6-22/h1-4,9-16,21-30H,5-6H2,(H,19,31)(H,20,32)/t9-,10-,11-,12-,13+,14+,15-,16-/m1/s1. The second kappa shape index (κ2) is 12.7. The minimum absolute atomic E-state index is 0.146. The summed E-state index contributed by atoms with van der Waals surface area (Å²) in [5.41, 5.74) is -0.293. The fraction of sp³-hybridized carbons (Fsp3) is 0.556. The Morgan fingerprint density at radius 1 is 0.625 bits per heavy atom. The van der Waals surface area contributed by atoms with Crippen molar-refractivity contribution in [3.05, 3.63) is 24.3 Å². The zero-order chi connectivity index (χ0) is 24.6. The van der Waals surface area contributed by atoms with Gasteiger partial charge in [0.05, 0.1) is 24.6 Å². The van der Waals surface area contributed by atoms with E-state index in [2.05, 4.69) is 10.6 Å². The Morgan fingerprint density at radius 3 is 1.22 bits per heavy atom. The molecule has 2 amide bonds. The number of carbonyl (C=O) groups excluding carboxylic acids is 2. The molecule has 0 bridgehead atoms. The highest BCUT2D eigenvalue weighted by Crippen LogP contribution is 2.22. The Kier molecular flexibility index (Phi) is 11.0. The van der Waals surface area contributed by atoms with Crippen LogP contribution in [-0.4, -0.2) is 125 Å². The predicted molar refractivity (Wildman–Crippen MR) is 106 cm³/mol. The third-order valence-corrected chi connectivity index (χ3v) is 4.49. The summed E-state index contributed by atoms with van der Waals surface area (Å²) in [5, 5.41) is 98.9. The number of amides is 2. The minimum atomic E-state index is -2.25. The third kappa shape index (κ3) is 7.14. The van der Waals surface area contributed by atoms with Gasteiger partial charge in [-0.1, -0.05) is 12.1 Å². The summed E-state index contributed by atoms with van der Waals surface area (Å²) in [6.45, 7) is -1.89. The third-order valence-electron chi connectivity index (χ3n) is 4.49. The number of benzene rings is 1. The Balaban J connectivity index is 2.90. The molecule has 1 aromatic rings. The lowest BCUT2D eigenvalue weighted by Gasteiger charge is -2.26. The number of aliphatic hydroxyl groups is 10. The van der Waals surface area contributed by atoms with E-state index in [4.69, 9.17) is 10.2 Å². The van der Waals surface area contributed by atoms with Gasteiger partial charge in [-0.05, 0) is 12.1 Å². The number of para-hydroxylation sites is 2. The van der Waals surface area contributed by atoms with Crippen LogP contribution in [0, 0.1) is 0 Å². The van der Waals surface area contributed by atoms with Crippen LogP contribution in [-0.2, 0) is 9.59 Å². The lowest BCUT2D eigenvalue weighted by atomic mass is 10.0. The van der Waals surface area contributed by atoms with Gasteiger partial charge in [-0.25, -0.2) is 0 Å². The van der Waals surface area contributed by atoms with Crippen molar-refractivity contribution in [1.82, 2.24) is 0 Å². The first-order valence-electron chi connectivity index (χ1n) is 9.33. The number of carbonyl (C=O) groups is 2. The molecule has 0 saturated carbocycles. The molecular weight excluding hydrogens is 436 g/mol. The van der Waals surface area contributed by atoms with E-state index in [-0.39, 0.29) is 11.4 Å². The van der Waals surface area contributed by atoms with E-state index in [1.54, 1.807) is 0 Å². The molecule has 0 radical (unpaired) electrons. The van der Waals surface area contributed by atoms with E-state index < -0.39 is 73.9 Å². The minimum Gasteiger partial charge on any atom is -0.394 e. The largest absolute Gasteiger partial charge is 0.394 e. The molecule has 0 spiro atoms. The monoisotopic (exact) mass is 464 g/mol. The molecule has 14 nitrogen and oxygen atoms in total. The van der Waals surface area contributed by atoms with Gasteiger partial charge in [0.25, 0.3) is 11.8 Å². The quantitative estimate of drug-likeness (QED) is 0.138. The van der Waals surface area contributed by atoms with Crippen molar-refractivity contribution >= 4 is 23.2 Å². The lowest BCUT2D eigenvalue weighted by Crippen LogP contribution is -2.50. The average molecular weight is 464 g/mol. The van der Waals surface area contributed by atoms with E-state index in [1.165, 1.54) is 24.3 Å². The normalized spacial score (nSPS) is 19.1. The molecule has 32 heavy (non-hydrogen) atoms. The maximum absolute atomic E-state index is 12.2. The molecule has 0 aliphatic rings. The van der Waals surface area contributed by atoms with Gasteiger partial charge >= 0.3 is 0 Å². The molecule has 0 fully saturated rings. The molecular formula is C18H28N2O12. The van der Waals surface area contributed by atoms with Crippen LogP contribution in [0.2, 0.25) is 0 Å². The second-order valence-electron chi connectivity index (χ2n) is 6.88. The number of rotatable bonds is 12. The predicted octanol–water partition coefficient (Wildman–Crippen LogP) is -5.56. The highest BCUT2D eigenvalue weighted by atomic mass is 16.4. The van der Waals surface area contributed by atoms with E-state index in [9.17, 15) is 50.4 Å². The number of hydrogen-bond acceptors (Lipinski definition) is 12. The van der Waals surface area contributed by atoms with Crippen LogP contribution in [0.25, 0.3) is 0 Å². The highest BCUT2D eigenvalue weighted by molar-refractivity contribution is 6.02. The maximum Gasteiger partial charge on any atom is 0.256 e. The van der Waals surface area contributed by atoms with E-state index >= 15 is 0 Å². The van der Waals surface area contributed by atoms with Crippen LogP contribution in [0.4, 0.5) is 11.4 Å². The van der Waals surface area contributed by atoms with Gasteiger partial charge < -0.3 is 61.7 Å². The van der Waals surface area contributed by atoms with Crippen LogP contribution in [0.1, 0.15) is 0 Å². The Labute approximate surface area is 181 Å². The summed E-state index contributed by atoms with van der Waals surface area (Å²) >= 11 is 0. The van der Waals surface area contributed by atoms with Gasteiger partial charge in [0.2, 0.25) is 0 Å². The van der Waals surface area contributed by atoms with E-state index in [0.29, 0.717) is 0 Å².